The normalized spacial score (nSPS) is 10.5. The number of unbranched alkanes of at least 4 members (excludes halogenated alkanes) is 1. The summed E-state index contributed by atoms with van der Waals surface area (Å²) >= 11 is 0. The van der Waals surface area contributed by atoms with E-state index in [1.807, 2.05) is 25.1 Å². The molecule has 0 aliphatic rings. The number of nitrogen functional groups attached to an aromatic ring is 1. The first-order valence-corrected chi connectivity index (χ1v) is 11.1. The summed E-state index contributed by atoms with van der Waals surface area (Å²) in [7, 11) is 0. The number of hydrogen-bond donors (Lipinski definition) is 3. The lowest BCUT2D eigenvalue weighted by Crippen LogP contribution is -2.18. The van der Waals surface area contributed by atoms with Gasteiger partial charge >= 0.3 is 6.18 Å². The smallest absolute Gasteiger partial charge is 0.398 e. The highest BCUT2D eigenvalue weighted by atomic mass is 19.4. The molecule has 5 N–H and O–H groups in total. The van der Waals surface area contributed by atoms with Gasteiger partial charge in [-0.05, 0) is 61.2 Å². The Hall–Kier alpha value is -2.31. The highest BCUT2D eigenvalue weighted by molar-refractivity contribution is 5.68. The summed E-state index contributed by atoms with van der Waals surface area (Å²) in [5.41, 5.74) is 15.4. The monoisotopic (exact) mass is 451 g/mol. The molecule has 180 valence electrons. The predicted molar refractivity (Wildman–Crippen MR) is 132 cm³/mol. The average Bonchev–Trinajstić information content (AvgIpc) is 2.74. The number of halogens is 3. The predicted octanol–water partition coefficient (Wildman–Crippen LogP) is 6.87. The fourth-order valence-electron chi connectivity index (χ4n) is 2.61. The van der Waals surface area contributed by atoms with Crippen LogP contribution in [-0.4, -0.2) is 13.1 Å². The molecular formula is C26H40F3N3. The summed E-state index contributed by atoms with van der Waals surface area (Å²) in [6.45, 7) is 15.3. The van der Waals surface area contributed by atoms with Gasteiger partial charge in [-0.25, -0.2) is 0 Å². The SMILES string of the molecule is C=C(CN)c1ccc(C)c(N)c1.CCC.CCCCNCc1ccc(C)cc1C(F)(F)F. The van der Waals surface area contributed by atoms with E-state index in [1.54, 1.807) is 19.1 Å². The number of rotatable bonds is 7. The maximum Gasteiger partial charge on any atom is 0.416 e. The van der Waals surface area contributed by atoms with Crippen molar-refractivity contribution < 1.29 is 13.2 Å². The van der Waals surface area contributed by atoms with Crippen LogP contribution in [0.4, 0.5) is 18.9 Å². The standard InChI is InChI=1S/C13H18F3N.C10H14N2.C3H8/c1-3-4-7-17-9-11-6-5-10(2)8-12(11)13(14,15)16;1-7-3-4-9(5-10(7)12)8(2)6-11;1-3-2/h5-6,8,17H,3-4,7,9H2,1-2H3;3-5H,2,6,11-12H2,1H3;3H2,1-2H3. The Morgan fingerprint density at radius 2 is 1.66 bits per heavy atom. The summed E-state index contributed by atoms with van der Waals surface area (Å²) in [6, 6.07) is 10.3. The highest BCUT2D eigenvalue weighted by Crippen LogP contribution is 2.32. The van der Waals surface area contributed by atoms with Crippen molar-refractivity contribution in [2.45, 2.75) is 66.6 Å². The molecule has 0 bridgehead atoms. The van der Waals surface area contributed by atoms with Crippen molar-refractivity contribution in [1.82, 2.24) is 5.32 Å². The van der Waals surface area contributed by atoms with E-state index in [9.17, 15) is 13.2 Å². The first kappa shape index (κ1) is 29.7. The molecular weight excluding hydrogens is 411 g/mol. The van der Waals surface area contributed by atoms with Gasteiger partial charge in [0.2, 0.25) is 0 Å². The second-order valence-electron chi connectivity index (χ2n) is 7.77. The quantitative estimate of drug-likeness (QED) is 0.318. The van der Waals surface area contributed by atoms with Crippen LogP contribution in [0.15, 0.2) is 43.0 Å². The van der Waals surface area contributed by atoms with Crippen LogP contribution in [0.5, 0.6) is 0 Å². The molecule has 3 nitrogen and oxygen atoms in total. The minimum Gasteiger partial charge on any atom is -0.398 e. The van der Waals surface area contributed by atoms with Gasteiger partial charge in [-0.2, -0.15) is 13.2 Å². The van der Waals surface area contributed by atoms with E-state index in [4.69, 9.17) is 11.5 Å². The lowest BCUT2D eigenvalue weighted by molar-refractivity contribution is -0.138. The largest absolute Gasteiger partial charge is 0.416 e. The lowest BCUT2D eigenvalue weighted by Gasteiger charge is -2.14. The number of aryl methyl sites for hydroxylation is 2. The number of anilines is 1. The Morgan fingerprint density at radius 3 is 2.16 bits per heavy atom. The Bertz CT molecular complexity index is 814. The van der Waals surface area contributed by atoms with Gasteiger partial charge in [0.25, 0.3) is 0 Å². The Labute approximate surface area is 192 Å². The third-order valence-electron chi connectivity index (χ3n) is 4.53. The minimum atomic E-state index is -4.27. The molecule has 6 heteroatoms. The van der Waals surface area contributed by atoms with Gasteiger partial charge in [-0.3, -0.25) is 0 Å². The van der Waals surface area contributed by atoms with Crippen molar-refractivity contribution >= 4 is 11.3 Å². The van der Waals surface area contributed by atoms with Crippen LogP contribution in [0.1, 0.15) is 67.9 Å². The van der Waals surface area contributed by atoms with Crippen molar-refractivity contribution in [1.29, 1.82) is 0 Å². The van der Waals surface area contributed by atoms with Crippen LogP contribution in [0.25, 0.3) is 5.57 Å². The fourth-order valence-corrected chi connectivity index (χ4v) is 2.61. The molecule has 0 radical (unpaired) electrons. The summed E-state index contributed by atoms with van der Waals surface area (Å²) in [4.78, 5) is 0. The van der Waals surface area contributed by atoms with E-state index < -0.39 is 11.7 Å². The summed E-state index contributed by atoms with van der Waals surface area (Å²) < 4.78 is 38.3. The van der Waals surface area contributed by atoms with Gasteiger partial charge in [-0.15, -0.1) is 0 Å². The molecule has 2 aromatic carbocycles. The van der Waals surface area contributed by atoms with E-state index in [0.29, 0.717) is 17.7 Å². The molecule has 0 aliphatic carbocycles. The molecule has 32 heavy (non-hydrogen) atoms. The Kier molecular flexibility index (Phi) is 14.4. The summed E-state index contributed by atoms with van der Waals surface area (Å²) in [5, 5.41) is 3.03. The van der Waals surface area contributed by atoms with Crippen LogP contribution >= 0.6 is 0 Å². The van der Waals surface area contributed by atoms with Crippen LogP contribution in [0.2, 0.25) is 0 Å². The van der Waals surface area contributed by atoms with Crippen molar-refractivity contribution in [3.63, 3.8) is 0 Å². The second kappa shape index (κ2) is 15.5. The number of alkyl halides is 3. The third kappa shape index (κ3) is 11.3. The summed E-state index contributed by atoms with van der Waals surface area (Å²) in [6.07, 6.45) is -1.01. The van der Waals surface area contributed by atoms with Crippen LogP contribution in [-0.2, 0) is 12.7 Å². The molecule has 0 amide bonds. The van der Waals surface area contributed by atoms with Gasteiger partial charge in [0, 0.05) is 18.8 Å². The molecule has 0 saturated carbocycles. The second-order valence-corrected chi connectivity index (χ2v) is 7.77. The van der Waals surface area contributed by atoms with Crippen molar-refractivity contribution in [2.24, 2.45) is 5.73 Å². The van der Waals surface area contributed by atoms with Gasteiger partial charge < -0.3 is 16.8 Å². The first-order valence-electron chi connectivity index (χ1n) is 11.1. The van der Waals surface area contributed by atoms with Crippen molar-refractivity contribution in [3.05, 3.63) is 70.8 Å². The van der Waals surface area contributed by atoms with E-state index in [2.05, 4.69) is 32.7 Å². The Balaban J connectivity index is 0.000000559. The third-order valence-corrected chi connectivity index (χ3v) is 4.53. The zero-order chi connectivity index (χ0) is 24.7. The maximum absolute atomic E-state index is 12.8. The van der Waals surface area contributed by atoms with Crippen molar-refractivity contribution in [2.75, 3.05) is 18.8 Å². The molecule has 0 saturated heterocycles. The van der Waals surface area contributed by atoms with Crippen LogP contribution < -0.4 is 16.8 Å². The molecule has 2 aromatic rings. The van der Waals surface area contributed by atoms with Gasteiger partial charge in [-0.1, -0.05) is 70.0 Å². The number of benzene rings is 2. The van der Waals surface area contributed by atoms with Crippen molar-refractivity contribution in [3.8, 4) is 0 Å². The Morgan fingerprint density at radius 1 is 1.03 bits per heavy atom. The minimum absolute atomic E-state index is 0.273. The molecule has 0 aromatic heterocycles. The molecule has 0 spiro atoms. The highest BCUT2D eigenvalue weighted by Gasteiger charge is 2.33. The molecule has 0 heterocycles. The van der Waals surface area contributed by atoms with E-state index in [0.717, 1.165) is 41.8 Å². The van der Waals surface area contributed by atoms with E-state index in [-0.39, 0.29) is 6.54 Å². The topological polar surface area (TPSA) is 64.1 Å². The molecule has 0 aliphatic heterocycles. The average molecular weight is 452 g/mol. The molecule has 0 atom stereocenters. The number of nitrogens with two attached hydrogens (primary N) is 2. The van der Waals surface area contributed by atoms with Gasteiger partial charge in [0.05, 0.1) is 5.56 Å². The lowest BCUT2D eigenvalue weighted by atomic mass is 10.0. The van der Waals surface area contributed by atoms with Gasteiger partial charge in [0.1, 0.15) is 0 Å². The van der Waals surface area contributed by atoms with Crippen LogP contribution in [0.3, 0.4) is 0 Å². The molecule has 2 rings (SSSR count). The zero-order valence-electron chi connectivity index (χ0n) is 20.2. The first-order chi connectivity index (χ1) is 15.0. The number of hydrogen-bond acceptors (Lipinski definition) is 3. The fraction of sp³-hybridized carbons (Fsp3) is 0.462. The maximum atomic E-state index is 12.8. The zero-order valence-corrected chi connectivity index (χ0v) is 20.2. The summed E-state index contributed by atoms with van der Waals surface area (Å²) in [5.74, 6) is 0. The van der Waals surface area contributed by atoms with Gasteiger partial charge in [0.15, 0.2) is 0 Å². The van der Waals surface area contributed by atoms with E-state index in [1.165, 1.54) is 12.5 Å². The van der Waals surface area contributed by atoms with Crippen LogP contribution in [0, 0.1) is 13.8 Å². The van der Waals surface area contributed by atoms with E-state index >= 15 is 0 Å². The molecule has 0 fully saturated rings. The molecule has 0 unspecified atom stereocenters. The number of nitrogens with one attached hydrogen (secondary N) is 1.